The molecule has 0 unspecified atom stereocenters. The lowest BCUT2D eigenvalue weighted by atomic mass is 10.1. The molecule has 0 aliphatic rings. The molecule has 2 rings (SSSR count). The van der Waals surface area contributed by atoms with Crippen molar-refractivity contribution in [2.75, 3.05) is 13.1 Å². The minimum absolute atomic E-state index is 0.0498. The van der Waals surface area contributed by atoms with E-state index in [1.807, 2.05) is 36.4 Å². The van der Waals surface area contributed by atoms with Gasteiger partial charge in [-0.05, 0) is 48.5 Å². The third-order valence-electron chi connectivity index (χ3n) is 3.72. The maximum Gasteiger partial charge on any atom is 0.251 e. The molecule has 2 aromatic rings. The molecule has 1 heterocycles. The molecule has 0 radical (unpaired) electrons. The number of rotatable bonds is 7. The van der Waals surface area contributed by atoms with Gasteiger partial charge in [0.1, 0.15) is 0 Å². The van der Waals surface area contributed by atoms with Gasteiger partial charge in [0.25, 0.3) is 5.91 Å². The second kappa shape index (κ2) is 8.29. The first-order chi connectivity index (χ1) is 10.7. The van der Waals surface area contributed by atoms with Crippen molar-refractivity contribution in [2.45, 2.75) is 26.9 Å². The van der Waals surface area contributed by atoms with E-state index in [0.717, 1.165) is 25.2 Å². The fourth-order valence-electron chi connectivity index (χ4n) is 2.25. The van der Waals surface area contributed by atoms with Crippen molar-refractivity contribution in [3.63, 3.8) is 0 Å². The first-order valence-electron chi connectivity index (χ1n) is 7.71. The number of nitrogens with one attached hydrogen (secondary N) is 1. The van der Waals surface area contributed by atoms with Crippen molar-refractivity contribution < 1.29 is 4.79 Å². The molecule has 1 aromatic carbocycles. The van der Waals surface area contributed by atoms with E-state index in [9.17, 15) is 4.79 Å². The number of carbonyl (C=O) groups is 1. The van der Waals surface area contributed by atoms with Crippen LogP contribution in [0.1, 0.15) is 35.3 Å². The highest BCUT2D eigenvalue weighted by molar-refractivity contribution is 5.94. The smallest absolute Gasteiger partial charge is 0.251 e. The Morgan fingerprint density at radius 1 is 1.00 bits per heavy atom. The number of hydrogen-bond donors (Lipinski definition) is 1. The molecule has 116 valence electrons. The summed E-state index contributed by atoms with van der Waals surface area (Å²) < 4.78 is 0. The molecule has 0 saturated carbocycles. The molecule has 0 fully saturated rings. The van der Waals surface area contributed by atoms with Crippen molar-refractivity contribution in [3.8, 4) is 0 Å². The molecular formula is C18H23N3O. The highest BCUT2D eigenvalue weighted by Gasteiger charge is 2.06. The summed E-state index contributed by atoms with van der Waals surface area (Å²) in [6, 6.07) is 11.6. The maximum absolute atomic E-state index is 12.1. The van der Waals surface area contributed by atoms with Crippen LogP contribution in [0.25, 0.3) is 0 Å². The normalized spacial score (nSPS) is 10.7. The molecule has 4 heteroatoms. The third kappa shape index (κ3) is 4.67. The van der Waals surface area contributed by atoms with E-state index < -0.39 is 0 Å². The molecule has 0 atom stereocenters. The van der Waals surface area contributed by atoms with Gasteiger partial charge in [0.05, 0.1) is 0 Å². The van der Waals surface area contributed by atoms with Crippen LogP contribution in [0, 0.1) is 0 Å². The Morgan fingerprint density at radius 2 is 1.64 bits per heavy atom. The average Bonchev–Trinajstić information content (AvgIpc) is 2.59. The van der Waals surface area contributed by atoms with Crippen molar-refractivity contribution in [1.29, 1.82) is 0 Å². The van der Waals surface area contributed by atoms with E-state index in [1.165, 1.54) is 5.56 Å². The Kier molecular flexibility index (Phi) is 6.10. The van der Waals surface area contributed by atoms with Gasteiger partial charge in [-0.3, -0.25) is 14.7 Å². The van der Waals surface area contributed by atoms with Crippen LogP contribution < -0.4 is 5.32 Å². The van der Waals surface area contributed by atoms with Crippen LogP contribution in [0.4, 0.5) is 0 Å². The molecule has 0 aliphatic carbocycles. The van der Waals surface area contributed by atoms with Gasteiger partial charge >= 0.3 is 0 Å². The Labute approximate surface area is 132 Å². The molecule has 1 aromatic heterocycles. The van der Waals surface area contributed by atoms with Gasteiger partial charge < -0.3 is 5.32 Å². The van der Waals surface area contributed by atoms with E-state index >= 15 is 0 Å². The highest BCUT2D eigenvalue weighted by atomic mass is 16.1. The number of amides is 1. The van der Waals surface area contributed by atoms with Gasteiger partial charge in [-0.2, -0.15) is 0 Å². The summed E-state index contributed by atoms with van der Waals surface area (Å²) in [6.07, 6.45) is 3.45. The summed E-state index contributed by atoms with van der Waals surface area (Å²) in [6.45, 7) is 7.82. The van der Waals surface area contributed by atoms with E-state index in [4.69, 9.17) is 0 Å². The largest absolute Gasteiger partial charge is 0.348 e. The SMILES string of the molecule is CCN(CC)Cc1ccc(C(=O)NCc2ccncc2)cc1. The number of aromatic nitrogens is 1. The molecule has 0 saturated heterocycles. The van der Waals surface area contributed by atoms with Gasteiger partial charge in [0.15, 0.2) is 0 Å². The number of nitrogens with zero attached hydrogens (tertiary/aromatic N) is 2. The molecule has 22 heavy (non-hydrogen) atoms. The third-order valence-corrected chi connectivity index (χ3v) is 3.72. The van der Waals surface area contributed by atoms with E-state index in [-0.39, 0.29) is 5.91 Å². The van der Waals surface area contributed by atoms with Crippen molar-refractivity contribution >= 4 is 5.91 Å². The fourth-order valence-corrected chi connectivity index (χ4v) is 2.25. The number of benzene rings is 1. The molecule has 1 N–H and O–H groups in total. The molecule has 0 aliphatic heterocycles. The zero-order chi connectivity index (χ0) is 15.8. The van der Waals surface area contributed by atoms with Gasteiger partial charge in [0, 0.05) is 31.0 Å². The Morgan fingerprint density at radius 3 is 2.23 bits per heavy atom. The zero-order valence-electron chi connectivity index (χ0n) is 13.2. The van der Waals surface area contributed by atoms with Crippen molar-refractivity contribution in [2.24, 2.45) is 0 Å². The summed E-state index contributed by atoms with van der Waals surface area (Å²) in [7, 11) is 0. The van der Waals surface area contributed by atoms with Crippen LogP contribution in [0.3, 0.4) is 0 Å². The lowest BCUT2D eigenvalue weighted by molar-refractivity contribution is 0.0951. The Balaban J connectivity index is 1.90. The van der Waals surface area contributed by atoms with Gasteiger partial charge in [-0.1, -0.05) is 26.0 Å². The standard InChI is InChI=1S/C18H23N3O/c1-3-21(4-2)14-16-5-7-17(8-6-16)18(22)20-13-15-9-11-19-12-10-15/h5-12H,3-4,13-14H2,1-2H3,(H,20,22). The summed E-state index contributed by atoms with van der Waals surface area (Å²) in [5.41, 5.74) is 2.97. The van der Waals surface area contributed by atoms with Gasteiger partial charge in [-0.15, -0.1) is 0 Å². The minimum atomic E-state index is -0.0498. The molecular weight excluding hydrogens is 274 g/mol. The van der Waals surface area contributed by atoms with E-state index in [1.54, 1.807) is 12.4 Å². The molecule has 1 amide bonds. The molecule has 0 bridgehead atoms. The Bertz CT molecular complexity index is 577. The van der Waals surface area contributed by atoms with Crippen molar-refractivity contribution in [1.82, 2.24) is 15.2 Å². The number of hydrogen-bond acceptors (Lipinski definition) is 3. The average molecular weight is 297 g/mol. The predicted molar refractivity (Wildman–Crippen MR) is 88.5 cm³/mol. The lowest BCUT2D eigenvalue weighted by Crippen LogP contribution is -2.23. The quantitative estimate of drug-likeness (QED) is 0.854. The summed E-state index contributed by atoms with van der Waals surface area (Å²) in [5.74, 6) is -0.0498. The maximum atomic E-state index is 12.1. The van der Waals surface area contributed by atoms with E-state index in [0.29, 0.717) is 12.1 Å². The summed E-state index contributed by atoms with van der Waals surface area (Å²) in [5, 5.41) is 2.92. The number of pyridine rings is 1. The predicted octanol–water partition coefficient (Wildman–Crippen LogP) is 2.85. The fraction of sp³-hybridized carbons (Fsp3) is 0.333. The van der Waals surface area contributed by atoms with Crippen molar-refractivity contribution in [3.05, 3.63) is 65.5 Å². The second-order valence-electron chi connectivity index (χ2n) is 5.20. The lowest BCUT2D eigenvalue weighted by Gasteiger charge is -2.18. The summed E-state index contributed by atoms with van der Waals surface area (Å²) >= 11 is 0. The topological polar surface area (TPSA) is 45.2 Å². The van der Waals surface area contributed by atoms with Crippen LogP contribution in [-0.2, 0) is 13.1 Å². The minimum Gasteiger partial charge on any atom is -0.348 e. The molecule has 0 spiro atoms. The van der Waals surface area contributed by atoms with Crippen LogP contribution in [0.2, 0.25) is 0 Å². The second-order valence-corrected chi connectivity index (χ2v) is 5.20. The summed E-state index contributed by atoms with van der Waals surface area (Å²) in [4.78, 5) is 18.4. The van der Waals surface area contributed by atoms with Crippen LogP contribution in [-0.4, -0.2) is 28.9 Å². The highest BCUT2D eigenvalue weighted by Crippen LogP contribution is 2.08. The van der Waals surface area contributed by atoms with E-state index in [2.05, 4.69) is 29.0 Å². The van der Waals surface area contributed by atoms with Crippen LogP contribution in [0.15, 0.2) is 48.8 Å². The first-order valence-corrected chi connectivity index (χ1v) is 7.71. The number of carbonyl (C=O) groups excluding carboxylic acids is 1. The van der Waals surface area contributed by atoms with Crippen LogP contribution >= 0.6 is 0 Å². The first kappa shape index (κ1) is 16.2. The molecule has 4 nitrogen and oxygen atoms in total. The van der Waals surface area contributed by atoms with Gasteiger partial charge in [-0.25, -0.2) is 0 Å². The Hall–Kier alpha value is -2.20. The van der Waals surface area contributed by atoms with Gasteiger partial charge in [0.2, 0.25) is 0 Å². The zero-order valence-corrected chi connectivity index (χ0v) is 13.2. The van der Waals surface area contributed by atoms with Crippen LogP contribution in [0.5, 0.6) is 0 Å². The monoisotopic (exact) mass is 297 g/mol.